The van der Waals surface area contributed by atoms with E-state index in [1.165, 1.54) is 0 Å². The molecule has 1 heterocycles. The molecule has 0 aliphatic carbocycles. The average Bonchev–Trinajstić information content (AvgIpc) is 2.53. The molecule has 1 aromatic rings. The van der Waals surface area contributed by atoms with Crippen LogP contribution in [0.4, 0.5) is 5.69 Å². The van der Waals surface area contributed by atoms with E-state index in [-0.39, 0.29) is 16.9 Å². The van der Waals surface area contributed by atoms with Gasteiger partial charge in [-0.05, 0) is 11.5 Å². The van der Waals surface area contributed by atoms with Gasteiger partial charge in [-0.15, -0.1) is 0 Å². The predicted molar refractivity (Wildman–Crippen MR) is 73.9 cm³/mol. The van der Waals surface area contributed by atoms with Gasteiger partial charge in [-0.1, -0.05) is 39.0 Å². The third kappa shape index (κ3) is 2.67. The quantitative estimate of drug-likeness (QED) is 0.830. The Hall–Kier alpha value is -2.10. The molecule has 1 aromatic carbocycles. The van der Waals surface area contributed by atoms with Crippen LogP contribution in [0.15, 0.2) is 30.3 Å². The summed E-state index contributed by atoms with van der Waals surface area (Å²) in [6, 6.07) is 7.29. The van der Waals surface area contributed by atoms with Crippen LogP contribution in [-0.4, -0.2) is 23.5 Å². The van der Waals surface area contributed by atoms with Gasteiger partial charge in [0.05, 0.1) is 11.3 Å². The van der Waals surface area contributed by atoms with Crippen molar-refractivity contribution in [1.82, 2.24) is 0 Å². The van der Waals surface area contributed by atoms with E-state index >= 15 is 0 Å². The number of carboxylic acid groups (broad SMARTS) is 1. The fraction of sp³-hybridized carbons (Fsp3) is 0.333. The summed E-state index contributed by atoms with van der Waals surface area (Å²) in [6.45, 7) is 6.69. The van der Waals surface area contributed by atoms with Gasteiger partial charge in [0, 0.05) is 18.2 Å². The van der Waals surface area contributed by atoms with Gasteiger partial charge in [0.25, 0.3) is 5.91 Å². The lowest BCUT2D eigenvalue weighted by atomic mass is 9.96. The second kappa shape index (κ2) is 4.53. The summed E-state index contributed by atoms with van der Waals surface area (Å²) in [4.78, 5) is 24.9. The van der Waals surface area contributed by atoms with Crippen LogP contribution in [0.25, 0.3) is 5.57 Å². The molecule has 0 bridgehead atoms. The van der Waals surface area contributed by atoms with Gasteiger partial charge in [0.1, 0.15) is 0 Å². The van der Waals surface area contributed by atoms with Crippen LogP contribution in [0, 0.1) is 5.41 Å². The van der Waals surface area contributed by atoms with Crippen LogP contribution >= 0.6 is 0 Å². The molecule has 2 rings (SSSR count). The Kier molecular flexibility index (Phi) is 3.18. The molecule has 4 heteroatoms. The van der Waals surface area contributed by atoms with Crippen LogP contribution < -0.4 is 4.90 Å². The standard InChI is InChI=1S/C15H17NO3/c1-15(2,3)9-16-12-7-5-4-6-10(12)11(14(16)19)8-13(17)18/h4-8H,9H2,1-3H3,(H,17,18)/b11-8+. The number of hydrogen-bond donors (Lipinski definition) is 1. The molecule has 1 aliphatic rings. The first-order valence-electron chi connectivity index (χ1n) is 6.15. The summed E-state index contributed by atoms with van der Waals surface area (Å²) in [5.74, 6) is -1.34. The topological polar surface area (TPSA) is 57.6 Å². The summed E-state index contributed by atoms with van der Waals surface area (Å²) in [6.07, 6.45) is 0.990. The van der Waals surface area contributed by atoms with Crippen molar-refractivity contribution in [1.29, 1.82) is 0 Å². The number of aliphatic carboxylic acids is 1. The zero-order valence-electron chi connectivity index (χ0n) is 11.3. The highest BCUT2D eigenvalue weighted by Gasteiger charge is 2.34. The van der Waals surface area contributed by atoms with E-state index in [1.54, 1.807) is 11.0 Å². The van der Waals surface area contributed by atoms with Crippen LogP contribution in [0.3, 0.4) is 0 Å². The lowest BCUT2D eigenvalue weighted by Gasteiger charge is -2.26. The monoisotopic (exact) mass is 259 g/mol. The lowest BCUT2D eigenvalue weighted by molar-refractivity contribution is -0.131. The number of fused-ring (bicyclic) bond motifs is 1. The zero-order chi connectivity index (χ0) is 14.2. The maximum atomic E-state index is 12.4. The van der Waals surface area contributed by atoms with Crippen molar-refractivity contribution in [3.63, 3.8) is 0 Å². The number of nitrogens with zero attached hydrogens (tertiary/aromatic N) is 1. The molecule has 100 valence electrons. The van der Waals surface area contributed by atoms with Crippen molar-refractivity contribution < 1.29 is 14.7 Å². The largest absolute Gasteiger partial charge is 0.478 e. The number of benzene rings is 1. The fourth-order valence-electron chi connectivity index (χ4n) is 2.20. The van der Waals surface area contributed by atoms with Crippen LogP contribution in [0.2, 0.25) is 0 Å². The normalized spacial score (nSPS) is 16.9. The number of amides is 1. The Morgan fingerprint density at radius 1 is 1.32 bits per heavy atom. The maximum Gasteiger partial charge on any atom is 0.329 e. The molecular formula is C15H17NO3. The third-order valence-corrected chi connectivity index (χ3v) is 2.86. The minimum Gasteiger partial charge on any atom is -0.478 e. The Balaban J connectivity index is 2.50. The molecule has 0 aromatic heterocycles. The molecule has 1 N–H and O–H groups in total. The van der Waals surface area contributed by atoms with Gasteiger partial charge in [-0.3, -0.25) is 4.79 Å². The Morgan fingerprint density at radius 2 is 1.95 bits per heavy atom. The third-order valence-electron chi connectivity index (χ3n) is 2.86. The smallest absolute Gasteiger partial charge is 0.329 e. The van der Waals surface area contributed by atoms with Gasteiger partial charge in [-0.25, -0.2) is 4.79 Å². The van der Waals surface area contributed by atoms with Crippen molar-refractivity contribution in [2.75, 3.05) is 11.4 Å². The number of hydrogen-bond acceptors (Lipinski definition) is 2. The van der Waals surface area contributed by atoms with Crippen molar-refractivity contribution >= 4 is 23.1 Å². The molecule has 1 amide bonds. The van der Waals surface area contributed by atoms with Crippen molar-refractivity contribution in [3.8, 4) is 0 Å². The molecule has 0 atom stereocenters. The molecule has 0 saturated carbocycles. The number of carboxylic acids is 1. The molecule has 1 aliphatic heterocycles. The van der Waals surface area contributed by atoms with Gasteiger partial charge in [-0.2, -0.15) is 0 Å². The van der Waals surface area contributed by atoms with Crippen molar-refractivity contribution in [3.05, 3.63) is 35.9 Å². The molecule has 19 heavy (non-hydrogen) atoms. The first-order valence-corrected chi connectivity index (χ1v) is 6.15. The van der Waals surface area contributed by atoms with Crippen LogP contribution in [0.1, 0.15) is 26.3 Å². The second-order valence-electron chi connectivity index (χ2n) is 5.87. The number of rotatable bonds is 2. The molecule has 0 unspecified atom stereocenters. The summed E-state index contributed by atoms with van der Waals surface area (Å²) < 4.78 is 0. The predicted octanol–water partition coefficient (Wildman–Crippen LogP) is 2.55. The van der Waals surface area contributed by atoms with E-state index in [0.29, 0.717) is 12.1 Å². The van der Waals surface area contributed by atoms with E-state index < -0.39 is 5.97 Å². The average molecular weight is 259 g/mol. The van der Waals surface area contributed by atoms with E-state index in [4.69, 9.17) is 5.11 Å². The van der Waals surface area contributed by atoms with Crippen LogP contribution in [-0.2, 0) is 9.59 Å². The highest BCUT2D eigenvalue weighted by Crippen LogP contribution is 2.38. The first-order chi connectivity index (χ1) is 8.79. The molecule has 0 fully saturated rings. The lowest BCUT2D eigenvalue weighted by Crippen LogP contribution is -2.34. The van der Waals surface area contributed by atoms with Gasteiger partial charge in [0.2, 0.25) is 0 Å². The molecule has 0 saturated heterocycles. The van der Waals surface area contributed by atoms with Gasteiger partial charge < -0.3 is 10.0 Å². The number of anilines is 1. The maximum absolute atomic E-state index is 12.4. The SMILES string of the molecule is CC(C)(C)CN1C(=O)/C(=C/C(=O)O)c2ccccc21. The van der Waals surface area contributed by atoms with Gasteiger partial charge >= 0.3 is 5.97 Å². The number of carbonyl (C=O) groups excluding carboxylic acids is 1. The fourth-order valence-corrected chi connectivity index (χ4v) is 2.20. The van der Waals surface area contributed by atoms with E-state index in [9.17, 15) is 9.59 Å². The minimum absolute atomic E-state index is 0.0541. The Morgan fingerprint density at radius 3 is 2.53 bits per heavy atom. The van der Waals surface area contributed by atoms with Gasteiger partial charge in [0.15, 0.2) is 0 Å². The molecule has 0 radical (unpaired) electrons. The second-order valence-corrected chi connectivity index (χ2v) is 5.87. The first kappa shape index (κ1) is 13.3. The summed E-state index contributed by atoms with van der Waals surface area (Å²) in [5.41, 5.74) is 1.68. The molecular weight excluding hydrogens is 242 g/mol. The Labute approximate surface area is 112 Å². The highest BCUT2D eigenvalue weighted by molar-refractivity contribution is 6.34. The molecule has 4 nitrogen and oxygen atoms in total. The number of para-hydroxylation sites is 1. The highest BCUT2D eigenvalue weighted by atomic mass is 16.4. The van der Waals surface area contributed by atoms with E-state index in [2.05, 4.69) is 0 Å². The number of carbonyl (C=O) groups is 2. The van der Waals surface area contributed by atoms with Crippen LogP contribution in [0.5, 0.6) is 0 Å². The minimum atomic E-state index is -1.10. The van der Waals surface area contributed by atoms with E-state index in [0.717, 1.165) is 11.8 Å². The summed E-state index contributed by atoms with van der Waals surface area (Å²) >= 11 is 0. The summed E-state index contributed by atoms with van der Waals surface area (Å²) in [7, 11) is 0. The van der Waals surface area contributed by atoms with Crippen molar-refractivity contribution in [2.24, 2.45) is 5.41 Å². The van der Waals surface area contributed by atoms with E-state index in [1.807, 2.05) is 39.0 Å². The zero-order valence-corrected chi connectivity index (χ0v) is 11.3. The Bertz CT molecular complexity index is 567. The molecule has 0 spiro atoms. The van der Waals surface area contributed by atoms with Crippen molar-refractivity contribution in [2.45, 2.75) is 20.8 Å². The summed E-state index contributed by atoms with van der Waals surface area (Å²) in [5, 5.41) is 8.89.